The summed E-state index contributed by atoms with van der Waals surface area (Å²) in [6.45, 7) is 7.80. The third-order valence-corrected chi connectivity index (χ3v) is 6.54. The molecule has 1 N–H and O–H groups in total. The lowest BCUT2D eigenvalue weighted by Crippen LogP contribution is -2.37. The zero-order chi connectivity index (χ0) is 23.2. The third kappa shape index (κ3) is 6.01. The first-order valence-electron chi connectivity index (χ1n) is 11.6. The number of methoxy groups -OCH3 is 1. The molecule has 0 radical (unpaired) electrons. The summed E-state index contributed by atoms with van der Waals surface area (Å²) < 4.78 is 12.1. The molecule has 4 nitrogen and oxygen atoms in total. The van der Waals surface area contributed by atoms with Gasteiger partial charge < -0.3 is 19.7 Å². The summed E-state index contributed by atoms with van der Waals surface area (Å²) in [6, 6.07) is 24.8. The van der Waals surface area contributed by atoms with E-state index < -0.39 is 0 Å². The van der Waals surface area contributed by atoms with E-state index in [1.807, 2.05) is 24.3 Å². The van der Waals surface area contributed by atoms with Gasteiger partial charge in [0, 0.05) is 48.4 Å². The molecule has 2 atom stereocenters. The molecule has 0 amide bonds. The Kier molecular flexibility index (Phi) is 7.79. The number of nitrogens with one attached hydrogen (secondary N) is 1. The Bertz CT molecular complexity index is 1040. The second kappa shape index (κ2) is 11.0. The number of anilines is 1. The standard InChI is InChI=1S/C28H33ClN2O2/c1-20(2)21-8-6-9-26(15-21)33-28-17-30-16-23(28)19-31(25-13-11-24(29)12-14-25)18-22-7-4-5-10-27(22)32-3/h4-15,20,23,28,30H,16-19H2,1-3H3/t23-,28+/m1/s1. The number of nitrogens with zero attached hydrogens (tertiary/aromatic N) is 1. The number of hydrogen-bond donors (Lipinski definition) is 1. The van der Waals surface area contributed by atoms with Crippen molar-refractivity contribution in [3.05, 3.63) is 88.9 Å². The first-order valence-corrected chi connectivity index (χ1v) is 12.0. The molecule has 0 spiro atoms. The van der Waals surface area contributed by atoms with Gasteiger partial charge in [0.15, 0.2) is 0 Å². The van der Waals surface area contributed by atoms with Crippen molar-refractivity contribution in [2.24, 2.45) is 5.92 Å². The average molecular weight is 465 g/mol. The van der Waals surface area contributed by atoms with Gasteiger partial charge in [0.1, 0.15) is 17.6 Å². The van der Waals surface area contributed by atoms with Gasteiger partial charge in [-0.15, -0.1) is 0 Å². The Morgan fingerprint density at radius 1 is 1.00 bits per heavy atom. The molecule has 0 aromatic heterocycles. The number of hydrogen-bond acceptors (Lipinski definition) is 4. The Morgan fingerprint density at radius 3 is 2.55 bits per heavy atom. The predicted molar refractivity (Wildman–Crippen MR) is 137 cm³/mol. The molecule has 0 unspecified atom stereocenters. The van der Waals surface area contributed by atoms with Crippen molar-refractivity contribution in [3.8, 4) is 11.5 Å². The van der Waals surface area contributed by atoms with Crippen LogP contribution in [0.4, 0.5) is 5.69 Å². The van der Waals surface area contributed by atoms with Crippen LogP contribution in [0.5, 0.6) is 11.5 Å². The summed E-state index contributed by atoms with van der Waals surface area (Å²) in [6.07, 6.45) is 0.111. The average Bonchev–Trinajstić information content (AvgIpc) is 3.26. The van der Waals surface area contributed by atoms with E-state index in [2.05, 4.69) is 72.6 Å². The molecule has 1 aliphatic rings. The molecule has 0 aliphatic carbocycles. The minimum Gasteiger partial charge on any atom is -0.496 e. The first-order chi connectivity index (χ1) is 16.0. The molecule has 1 aliphatic heterocycles. The lowest BCUT2D eigenvalue weighted by atomic mass is 10.0. The summed E-state index contributed by atoms with van der Waals surface area (Å²) in [5.41, 5.74) is 3.59. The highest BCUT2D eigenvalue weighted by molar-refractivity contribution is 6.30. The number of para-hydroxylation sites is 1. The molecule has 1 fully saturated rings. The van der Waals surface area contributed by atoms with Crippen LogP contribution in [0.1, 0.15) is 30.9 Å². The molecule has 1 heterocycles. The fourth-order valence-electron chi connectivity index (χ4n) is 4.39. The van der Waals surface area contributed by atoms with Crippen LogP contribution in [0, 0.1) is 5.92 Å². The van der Waals surface area contributed by atoms with Crippen LogP contribution >= 0.6 is 11.6 Å². The Balaban J connectivity index is 1.54. The van der Waals surface area contributed by atoms with Crippen LogP contribution in [0.25, 0.3) is 0 Å². The van der Waals surface area contributed by atoms with Gasteiger partial charge >= 0.3 is 0 Å². The van der Waals surface area contributed by atoms with Crippen LogP contribution in [0.15, 0.2) is 72.8 Å². The number of halogens is 1. The van der Waals surface area contributed by atoms with E-state index in [-0.39, 0.29) is 6.10 Å². The maximum absolute atomic E-state index is 6.49. The maximum Gasteiger partial charge on any atom is 0.123 e. The summed E-state index contributed by atoms with van der Waals surface area (Å²) in [5.74, 6) is 2.67. The van der Waals surface area contributed by atoms with E-state index in [1.54, 1.807) is 7.11 Å². The highest BCUT2D eigenvalue weighted by Crippen LogP contribution is 2.28. The Labute approximate surface area is 202 Å². The summed E-state index contributed by atoms with van der Waals surface area (Å²) >= 11 is 6.17. The zero-order valence-electron chi connectivity index (χ0n) is 19.6. The zero-order valence-corrected chi connectivity index (χ0v) is 20.4. The SMILES string of the molecule is COc1ccccc1CN(C[C@H]1CNC[C@@H]1Oc1cccc(C(C)C)c1)c1ccc(Cl)cc1. The summed E-state index contributed by atoms with van der Waals surface area (Å²) in [5, 5.41) is 4.28. The molecule has 33 heavy (non-hydrogen) atoms. The largest absolute Gasteiger partial charge is 0.496 e. The van der Waals surface area contributed by atoms with Crippen LogP contribution in [0.2, 0.25) is 5.02 Å². The minimum atomic E-state index is 0.111. The van der Waals surface area contributed by atoms with E-state index in [1.165, 1.54) is 5.56 Å². The van der Waals surface area contributed by atoms with Gasteiger partial charge in [0.25, 0.3) is 0 Å². The summed E-state index contributed by atoms with van der Waals surface area (Å²) in [4.78, 5) is 2.40. The molecular weight excluding hydrogens is 432 g/mol. The van der Waals surface area contributed by atoms with Gasteiger partial charge in [0.2, 0.25) is 0 Å². The van der Waals surface area contributed by atoms with E-state index in [0.29, 0.717) is 11.8 Å². The van der Waals surface area contributed by atoms with E-state index in [0.717, 1.165) is 54.0 Å². The molecule has 174 valence electrons. The maximum atomic E-state index is 6.49. The monoisotopic (exact) mass is 464 g/mol. The van der Waals surface area contributed by atoms with Gasteiger partial charge in [-0.2, -0.15) is 0 Å². The fourth-order valence-corrected chi connectivity index (χ4v) is 4.51. The van der Waals surface area contributed by atoms with Crippen molar-refractivity contribution in [3.63, 3.8) is 0 Å². The molecule has 5 heteroatoms. The van der Waals surface area contributed by atoms with Crippen molar-refractivity contribution in [2.75, 3.05) is 31.6 Å². The van der Waals surface area contributed by atoms with Crippen molar-refractivity contribution in [1.29, 1.82) is 0 Å². The van der Waals surface area contributed by atoms with Gasteiger partial charge in [-0.1, -0.05) is 55.8 Å². The van der Waals surface area contributed by atoms with Crippen LogP contribution in [-0.4, -0.2) is 32.8 Å². The van der Waals surface area contributed by atoms with Crippen molar-refractivity contribution in [1.82, 2.24) is 5.32 Å². The summed E-state index contributed by atoms with van der Waals surface area (Å²) in [7, 11) is 1.72. The van der Waals surface area contributed by atoms with Crippen LogP contribution in [0.3, 0.4) is 0 Å². The lowest BCUT2D eigenvalue weighted by Gasteiger charge is -2.31. The smallest absolute Gasteiger partial charge is 0.123 e. The van der Waals surface area contributed by atoms with Gasteiger partial charge in [-0.05, 0) is 53.9 Å². The highest BCUT2D eigenvalue weighted by Gasteiger charge is 2.31. The van der Waals surface area contributed by atoms with Crippen LogP contribution in [-0.2, 0) is 6.54 Å². The fraction of sp³-hybridized carbons (Fsp3) is 0.357. The van der Waals surface area contributed by atoms with Crippen molar-refractivity contribution < 1.29 is 9.47 Å². The Hall–Kier alpha value is -2.69. The van der Waals surface area contributed by atoms with Gasteiger partial charge in [-0.25, -0.2) is 0 Å². The van der Waals surface area contributed by atoms with Crippen LogP contribution < -0.4 is 19.7 Å². The van der Waals surface area contributed by atoms with Crippen molar-refractivity contribution >= 4 is 17.3 Å². The molecular formula is C28H33ClN2O2. The van der Waals surface area contributed by atoms with Gasteiger partial charge in [-0.3, -0.25) is 0 Å². The number of ether oxygens (including phenoxy) is 2. The first kappa shape index (κ1) is 23.5. The normalized spacial score (nSPS) is 17.8. The number of rotatable bonds is 9. The molecule has 0 saturated carbocycles. The molecule has 1 saturated heterocycles. The molecule has 4 rings (SSSR count). The van der Waals surface area contributed by atoms with Gasteiger partial charge in [0.05, 0.1) is 7.11 Å². The van der Waals surface area contributed by atoms with E-state index in [9.17, 15) is 0 Å². The second-order valence-corrected chi connectivity index (χ2v) is 9.41. The second-order valence-electron chi connectivity index (χ2n) is 8.97. The molecule has 3 aromatic rings. The lowest BCUT2D eigenvalue weighted by molar-refractivity contribution is 0.175. The highest BCUT2D eigenvalue weighted by atomic mass is 35.5. The topological polar surface area (TPSA) is 33.7 Å². The molecule has 3 aromatic carbocycles. The Morgan fingerprint density at radius 2 is 1.79 bits per heavy atom. The van der Waals surface area contributed by atoms with E-state index >= 15 is 0 Å². The third-order valence-electron chi connectivity index (χ3n) is 6.29. The quantitative estimate of drug-likeness (QED) is 0.412. The van der Waals surface area contributed by atoms with Crippen molar-refractivity contribution in [2.45, 2.75) is 32.4 Å². The predicted octanol–water partition coefficient (Wildman–Crippen LogP) is 6.15. The number of benzene rings is 3. The van der Waals surface area contributed by atoms with E-state index in [4.69, 9.17) is 21.1 Å². The molecule has 0 bridgehead atoms. The minimum absolute atomic E-state index is 0.111.